The number of amides is 1. The maximum atomic E-state index is 12.2. The van der Waals surface area contributed by atoms with Gasteiger partial charge >= 0.3 is 0 Å². The van der Waals surface area contributed by atoms with Crippen LogP contribution in [0.25, 0.3) is 0 Å². The molecule has 108 valence electrons. The number of nitrogens with zero attached hydrogens (tertiary/aromatic N) is 4. The summed E-state index contributed by atoms with van der Waals surface area (Å²) in [4.78, 5) is 13.8. The lowest BCUT2D eigenvalue weighted by Crippen LogP contribution is -2.27. The summed E-state index contributed by atoms with van der Waals surface area (Å²) in [5, 5.41) is 29.3. The van der Waals surface area contributed by atoms with Gasteiger partial charge in [-0.2, -0.15) is 15.8 Å². The number of hydrogen-bond donors (Lipinski definition) is 1. The number of nitriles is 3. The number of benzene rings is 1. The summed E-state index contributed by atoms with van der Waals surface area (Å²) in [6.07, 6.45) is 0. The minimum atomic E-state index is -0.322. The van der Waals surface area contributed by atoms with Gasteiger partial charge in [0.05, 0.1) is 12.1 Å². The number of carbonyl (C=O) groups is 1. The van der Waals surface area contributed by atoms with Gasteiger partial charge in [-0.1, -0.05) is 0 Å². The van der Waals surface area contributed by atoms with Gasteiger partial charge in [-0.3, -0.25) is 4.79 Å². The third-order valence-electron chi connectivity index (χ3n) is 3.10. The molecule has 0 aliphatic carbocycles. The van der Waals surface area contributed by atoms with Crippen LogP contribution < -0.4 is 10.1 Å². The van der Waals surface area contributed by atoms with Crippen molar-refractivity contribution in [3.8, 4) is 24.0 Å². The normalized spacial score (nSPS) is 12.6. The first-order chi connectivity index (χ1) is 10.6. The Kier molecular flexibility index (Phi) is 4.27. The van der Waals surface area contributed by atoms with Crippen LogP contribution in [0.2, 0.25) is 0 Å². The number of nitrogens with one attached hydrogen (secondary N) is 1. The van der Waals surface area contributed by atoms with Crippen molar-refractivity contribution in [1.82, 2.24) is 4.90 Å². The van der Waals surface area contributed by atoms with Crippen LogP contribution in [0.1, 0.15) is 10.4 Å². The average molecular weight is 293 g/mol. The highest BCUT2D eigenvalue weighted by atomic mass is 16.5. The van der Waals surface area contributed by atoms with Crippen molar-refractivity contribution >= 4 is 11.6 Å². The zero-order valence-electron chi connectivity index (χ0n) is 11.8. The van der Waals surface area contributed by atoms with Crippen molar-refractivity contribution in [2.75, 3.05) is 25.5 Å². The molecule has 0 fully saturated rings. The van der Waals surface area contributed by atoms with Gasteiger partial charge in [0.15, 0.2) is 5.57 Å². The summed E-state index contributed by atoms with van der Waals surface area (Å²) >= 11 is 0. The number of anilines is 1. The quantitative estimate of drug-likeness (QED) is 0.824. The lowest BCUT2D eigenvalue weighted by molar-refractivity contribution is 0.0797. The van der Waals surface area contributed by atoms with Crippen LogP contribution in [0, 0.1) is 34.0 Å². The first-order valence-corrected chi connectivity index (χ1v) is 6.34. The van der Waals surface area contributed by atoms with Crippen molar-refractivity contribution in [2.24, 2.45) is 0 Å². The van der Waals surface area contributed by atoms with E-state index in [4.69, 9.17) is 20.5 Å². The van der Waals surface area contributed by atoms with Crippen LogP contribution in [0.15, 0.2) is 29.5 Å². The second kappa shape index (κ2) is 6.30. The Balaban J connectivity index is 2.41. The lowest BCUT2D eigenvalue weighted by atomic mass is 10.1. The van der Waals surface area contributed by atoms with Gasteiger partial charge in [0.1, 0.15) is 36.3 Å². The van der Waals surface area contributed by atoms with Gasteiger partial charge in [0.2, 0.25) is 0 Å². The average Bonchev–Trinajstić information content (AvgIpc) is 2.67. The fourth-order valence-electron chi connectivity index (χ4n) is 1.93. The molecule has 0 atom stereocenters. The standard InChI is InChI=1S/C15H11N5O2/c1-20-4-5-22-14-3-2-11(6-12(14)15(20)21)19-13(9-18)10(7-16)8-17/h2-3,6,19H,4-5H2,1H3. The Morgan fingerprint density at radius 3 is 2.64 bits per heavy atom. The molecule has 0 saturated heterocycles. The van der Waals surface area contributed by atoms with Crippen LogP contribution in [0.4, 0.5) is 5.69 Å². The number of rotatable bonds is 2. The van der Waals surface area contributed by atoms with E-state index in [2.05, 4.69) is 5.32 Å². The van der Waals surface area contributed by atoms with E-state index in [9.17, 15) is 4.79 Å². The number of fused-ring (bicyclic) bond motifs is 1. The van der Waals surface area contributed by atoms with E-state index in [0.717, 1.165) is 0 Å². The molecule has 0 aromatic heterocycles. The molecule has 1 N–H and O–H groups in total. The molecular weight excluding hydrogens is 282 g/mol. The number of ether oxygens (including phenoxy) is 1. The highest BCUT2D eigenvalue weighted by Crippen LogP contribution is 2.26. The predicted molar refractivity (Wildman–Crippen MR) is 76.4 cm³/mol. The third-order valence-corrected chi connectivity index (χ3v) is 3.10. The number of carbonyl (C=O) groups excluding carboxylic acids is 1. The minimum absolute atomic E-state index is 0.166. The summed E-state index contributed by atoms with van der Waals surface area (Å²) in [7, 11) is 1.67. The molecule has 0 unspecified atom stereocenters. The number of allylic oxidation sites excluding steroid dienone is 2. The largest absolute Gasteiger partial charge is 0.491 e. The fraction of sp³-hybridized carbons (Fsp3) is 0.200. The summed E-state index contributed by atoms with van der Waals surface area (Å²) in [6, 6.07) is 9.81. The third kappa shape index (κ3) is 2.82. The van der Waals surface area contributed by atoms with Gasteiger partial charge in [-0.15, -0.1) is 0 Å². The van der Waals surface area contributed by atoms with Crippen molar-refractivity contribution in [3.05, 3.63) is 35.0 Å². The minimum Gasteiger partial charge on any atom is -0.491 e. The fourth-order valence-corrected chi connectivity index (χ4v) is 1.93. The zero-order valence-corrected chi connectivity index (χ0v) is 11.8. The molecule has 1 aliphatic rings. The van der Waals surface area contributed by atoms with Crippen molar-refractivity contribution in [2.45, 2.75) is 0 Å². The second-order valence-corrected chi connectivity index (χ2v) is 4.50. The molecule has 1 heterocycles. The van der Waals surface area contributed by atoms with Gasteiger partial charge in [0.25, 0.3) is 5.91 Å². The van der Waals surface area contributed by atoms with Crippen molar-refractivity contribution in [1.29, 1.82) is 15.8 Å². The van der Waals surface area contributed by atoms with E-state index in [1.54, 1.807) is 37.4 Å². The van der Waals surface area contributed by atoms with Crippen LogP contribution in [-0.4, -0.2) is 31.0 Å². The Bertz CT molecular complexity index is 761. The number of likely N-dealkylation sites (N-methyl/N-ethyl adjacent to an activating group) is 1. The Labute approximate surface area is 127 Å². The van der Waals surface area contributed by atoms with Crippen LogP contribution in [0.3, 0.4) is 0 Å². The van der Waals surface area contributed by atoms with Crippen LogP contribution >= 0.6 is 0 Å². The summed E-state index contributed by atoms with van der Waals surface area (Å²) in [6.45, 7) is 0.880. The molecule has 0 spiro atoms. The smallest absolute Gasteiger partial charge is 0.257 e. The summed E-state index contributed by atoms with van der Waals surface area (Å²) < 4.78 is 5.49. The lowest BCUT2D eigenvalue weighted by Gasteiger charge is -2.13. The highest BCUT2D eigenvalue weighted by molar-refractivity contribution is 5.98. The molecule has 1 amide bonds. The van der Waals surface area contributed by atoms with Gasteiger partial charge in [-0.25, -0.2) is 0 Å². The van der Waals surface area contributed by atoms with Crippen LogP contribution in [-0.2, 0) is 0 Å². The molecule has 0 bridgehead atoms. The molecule has 1 aliphatic heterocycles. The Hall–Kier alpha value is -3.50. The zero-order chi connectivity index (χ0) is 16.1. The molecule has 22 heavy (non-hydrogen) atoms. The van der Waals surface area contributed by atoms with Crippen molar-refractivity contribution < 1.29 is 9.53 Å². The molecule has 1 aromatic rings. The van der Waals surface area contributed by atoms with Gasteiger partial charge in [-0.05, 0) is 18.2 Å². The van der Waals surface area contributed by atoms with Gasteiger partial charge in [0, 0.05) is 12.7 Å². The van der Waals surface area contributed by atoms with E-state index in [1.807, 2.05) is 0 Å². The van der Waals surface area contributed by atoms with Gasteiger partial charge < -0.3 is 15.0 Å². The first-order valence-electron chi connectivity index (χ1n) is 6.34. The molecule has 0 radical (unpaired) electrons. The molecule has 0 saturated carbocycles. The van der Waals surface area contributed by atoms with E-state index >= 15 is 0 Å². The molecule has 7 nitrogen and oxygen atoms in total. The van der Waals surface area contributed by atoms with E-state index in [-0.39, 0.29) is 17.2 Å². The SMILES string of the molecule is CN1CCOc2ccc(NC(C#N)=C(C#N)C#N)cc2C1=O. The van der Waals surface area contributed by atoms with E-state index in [0.29, 0.717) is 30.2 Å². The predicted octanol–water partition coefficient (Wildman–Crippen LogP) is 1.39. The van der Waals surface area contributed by atoms with Crippen LogP contribution in [0.5, 0.6) is 5.75 Å². The van der Waals surface area contributed by atoms with E-state index < -0.39 is 0 Å². The molecule has 1 aromatic carbocycles. The molecule has 7 heteroatoms. The summed E-state index contributed by atoms with van der Waals surface area (Å²) in [5.74, 6) is 0.266. The Morgan fingerprint density at radius 1 is 1.27 bits per heavy atom. The Morgan fingerprint density at radius 2 is 2.00 bits per heavy atom. The molecule has 2 rings (SSSR count). The highest BCUT2D eigenvalue weighted by Gasteiger charge is 2.21. The summed E-state index contributed by atoms with van der Waals surface area (Å²) in [5.41, 5.74) is 0.292. The second-order valence-electron chi connectivity index (χ2n) is 4.50. The maximum Gasteiger partial charge on any atom is 0.257 e. The van der Waals surface area contributed by atoms with E-state index in [1.165, 1.54) is 11.0 Å². The monoisotopic (exact) mass is 293 g/mol. The first kappa shape index (κ1) is 14.9. The maximum absolute atomic E-state index is 12.2. The number of hydrogen-bond acceptors (Lipinski definition) is 6. The topological polar surface area (TPSA) is 113 Å². The molecular formula is C15H11N5O2. The van der Waals surface area contributed by atoms with Crippen molar-refractivity contribution in [3.63, 3.8) is 0 Å².